The van der Waals surface area contributed by atoms with Crippen molar-refractivity contribution in [2.45, 2.75) is 38.3 Å². The first-order chi connectivity index (χ1) is 8.80. The van der Waals surface area contributed by atoms with Crippen LogP contribution in [0.5, 0.6) is 5.75 Å². The maximum Gasteiger partial charge on any atom is 0.119 e. The molecule has 1 fully saturated rings. The molecule has 18 heavy (non-hydrogen) atoms. The van der Waals surface area contributed by atoms with Crippen molar-refractivity contribution in [3.05, 3.63) is 29.8 Å². The fraction of sp³-hybridized carbons (Fsp3) is 0.600. The Hall–Kier alpha value is -1.06. The van der Waals surface area contributed by atoms with Crippen LogP contribution in [-0.2, 0) is 0 Å². The van der Waals surface area contributed by atoms with E-state index in [1.807, 2.05) is 12.1 Å². The molecule has 0 bridgehead atoms. The van der Waals surface area contributed by atoms with Crippen molar-refractivity contribution >= 4 is 0 Å². The second kappa shape index (κ2) is 6.21. The number of hydrogen-bond acceptors (Lipinski definition) is 3. The SMILES string of the molecule is CCCN(C1CC1)C(CN)c1cccc(OC)c1. The van der Waals surface area contributed by atoms with Gasteiger partial charge in [0.25, 0.3) is 0 Å². The second-order valence-electron chi connectivity index (χ2n) is 5.00. The Morgan fingerprint density at radius 2 is 2.22 bits per heavy atom. The zero-order valence-electron chi connectivity index (χ0n) is 11.4. The van der Waals surface area contributed by atoms with E-state index in [4.69, 9.17) is 10.5 Å². The summed E-state index contributed by atoms with van der Waals surface area (Å²) in [6.45, 7) is 4.03. The first-order valence-electron chi connectivity index (χ1n) is 6.90. The highest BCUT2D eigenvalue weighted by Crippen LogP contribution is 2.34. The van der Waals surface area contributed by atoms with E-state index in [1.165, 1.54) is 24.8 Å². The number of methoxy groups -OCH3 is 1. The minimum atomic E-state index is 0.326. The molecule has 0 spiro atoms. The minimum absolute atomic E-state index is 0.326. The topological polar surface area (TPSA) is 38.5 Å². The second-order valence-corrected chi connectivity index (χ2v) is 5.00. The van der Waals surface area contributed by atoms with Gasteiger partial charge in [0.1, 0.15) is 5.75 Å². The van der Waals surface area contributed by atoms with Gasteiger partial charge in [-0.05, 0) is 43.5 Å². The van der Waals surface area contributed by atoms with Crippen LogP contribution in [0.2, 0.25) is 0 Å². The molecule has 0 saturated heterocycles. The molecule has 0 aliphatic heterocycles. The molecule has 1 saturated carbocycles. The Kier molecular flexibility index (Phi) is 4.61. The normalized spacial score (nSPS) is 16.9. The molecule has 1 aromatic rings. The molecule has 1 aliphatic rings. The van der Waals surface area contributed by atoms with Gasteiger partial charge < -0.3 is 10.5 Å². The lowest BCUT2D eigenvalue weighted by Crippen LogP contribution is -2.36. The Balaban J connectivity index is 2.19. The molecule has 2 rings (SSSR count). The summed E-state index contributed by atoms with van der Waals surface area (Å²) < 4.78 is 5.31. The summed E-state index contributed by atoms with van der Waals surface area (Å²) in [6, 6.07) is 9.37. The fourth-order valence-corrected chi connectivity index (χ4v) is 2.57. The quantitative estimate of drug-likeness (QED) is 0.806. The molecule has 1 unspecified atom stereocenters. The van der Waals surface area contributed by atoms with Crippen LogP contribution in [0, 0.1) is 0 Å². The van der Waals surface area contributed by atoms with Gasteiger partial charge in [-0.1, -0.05) is 19.1 Å². The first kappa shape index (κ1) is 13.4. The highest BCUT2D eigenvalue weighted by atomic mass is 16.5. The number of benzene rings is 1. The van der Waals surface area contributed by atoms with E-state index in [9.17, 15) is 0 Å². The van der Waals surface area contributed by atoms with Gasteiger partial charge in [-0.25, -0.2) is 0 Å². The van der Waals surface area contributed by atoms with Crippen LogP contribution in [-0.4, -0.2) is 31.1 Å². The maximum atomic E-state index is 6.01. The zero-order chi connectivity index (χ0) is 13.0. The van der Waals surface area contributed by atoms with Gasteiger partial charge in [0.2, 0.25) is 0 Å². The summed E-state index contributed by atoms with van der Waals surface area (Å²) in [5, 5.41) is 0. The molecule has 0 amide bonds. The molecule has 0 aromatic heterocycles. The molecule has 0 radical (unpaired) electrons. The first-order valence-corrected chi connectivity index (χ1v) is 6.90. The van der Waals surface area contributed by atoms with Crippen LogP contribution in [0.4, 0.5) is 0 Å². The Morgan fingerprint density at radius 3 is 2.78 bits per heavy atom. The predicted octanol–water partition coefficient (Wildman–Crippen LogP) is 2.57. The third-order valence-corrected chi connectivity index (χ3v) is 3.60. The largest absolute Gasteiger partial charge is 0.497 e. The smallest absolute Gasteiger partial charge is 0.119 e. The van der Waals surface area contributed by atoms with Gasteiger partial charge in [-0.3, -0.25) is 4.90 Å². The number of hydrogen-bond donors (Lipinski definition) is 1. The molecule has 3 nitrogen and oxygen atoms in total. The average Bonchev–Trinajstić information content (AvgIpc) is 3.23. The summed E-state index contributed by atoms with van der Waals surface area (Å²) in [5.74, 6) is 0.915. The molecule has 1 atom stereocenters. The van der Waals surface area contributed by atoms with Crippen molar-refractivity contribution in [2.75, 3.05) is 20.2 Å². The Labute approximate surface area is 110 Å². The fourth-order valence-electron chi connectivity index (χ4n) is 2.57. The third-order valence-electron chi connectivity index (χ3n) is 3.60. The monoisotopic (exact) mass is 248 g/mol. The lowest BCUT2D eigenvalue weighted by molar-refractivity contribution is 0.191. The van der Waals surface area contributed by atoms with Gasteiger partial charge in [0.05, 0.1) is 7.11 Å². The number of rotatable bonds is 7. The molecule has 1 aromatic carbocycles. The van der Waals surface area contributed by atoms with Crippen LogP contribution in [0.3, 0.4) is 0 Å². The Bertz CT molecular complexity index is 377. The van der Waals surface area contributed by atoms with E-state index in [0.717, 1.165) is 18.3 Å². The zero-order valence-corrected chi connectivity index (χ0v) is 11.4. The maximum absolute atomic E-state index is 6.01. The predicted molar refractivity (Wildman–Crippen MR) is 74.8 cm³/mol. The van der Waals surface area contributed by atoms with Crippen molar-refractivity contribution in [2.24, 2.45) is 5.73 Å². The van der Waals surface area contributed by atoms with Crippen LogP contribution >= 0.6 is 0 Å². The molecular formula is C15H24N2O. The molecule has 1 aliphatic carbocycles. The number of nitrogens with zero attached hydrogens (tertiary/aromatic N) is 1. The third kappa shape index (κ3) is 3.03. The lowest BCUT2D eigenvalue weighted by Gasteiger charge is -2.31. The van der Waals surface area contributed by atoms with E-state index in [-0.39, 0.29) is 0 Å². The van der Waals surface area contributed by atoms with Crippen molar-refractivity contribution in [1.29, 1.82) is 0 Å². The summed E-state index contributed by atoms with van der Waals surface area (Å²) in [6.07, 6.45) is 3.82. The summed E-state index contributed by atoms with van der Waals surface area (Å²) >= 11 is 0. The molecule has 100 valence electrons. The van der Waals surface area contributed by atoms with E-state index < -0.39 is 0 Å². The number of nitrogens with two attached hydrogens (primary N) is 1. The van der Waals surface area contributed by atoms with E-state index in [1.54, 1.807) is 7.11 Å². The van der Waals surface area contributed by atoms with Crippen molar-refractivity contribution in [1.82, 2.24) is 4.90 Å². The van der Waals surface area contributed by atoms with Crippen molar-refractivity contribution < 1.29 is 4.74 Å². The van der Waals surface area contributed by atoms with Crippen molar-refractivity contribution in [3.8, 4) is 5.75 Å². The molecule has 2 N–H and O–H groups in total. The van der Waals surface area contributed by atoms with Crippen LogP contribution in [0.1, 0.15) is 37.8 Å². The number of ether oxygens (including phenoxy) is 1. The minimum Gasteiger partial charge on any atom is -0.497 e. The Morgan fingerprint density at radius 1 is 1.44 bits per heavy atom. The highest BCUT2D eigenvalue weighted by Gasteiger charge is 2.33. The van der Waals surface area contributed by atoms with Crippen LogP contribution < -0.4 is 10.5 Å². The molecule has 3 heteroatoms. The van der Waals surface area contributed by atoms with E-state index in [0.29, 0.717) is 12.6 Å². The van der Waals surface area contributed by atoms with Gasteiger partial charge >= 0.3 is 0 Å². The molecular weight excluding hydrogens is 224 g/mol. The van der Waals surface area contributed by atoms with Gasteiger partial charge in [-0.2, -0.15) is 0 Å². The lowest BCUT2D eigenvalue weighted by atomic mass is 10.0. The van der Waals surface area contributed by atoms with Crippen LogP contribution in [0.25, 0.3) is 0 Å². The van der Waals surface area contributed by atoms with E-state index in [2.05, 4.69) is 24.0 Å². The van der Waals surface area contributed by atoms with Crippen LogP contribution in [0.15, 0.2) is 24.3 Å². The highest BCUT2D eigenvalue weighted by molar-refractivity contribution is 5.31. The van der Waals surface area contributed by atoms with Gasteiger partial charge in [0.15, 0.2) is 0 Å². The molecule has 0 heterocycles. The summed E-state index contributed by atoms with van der Waals surface area (Å²) in [4.78, 5) is 2.56. The summed E-state index contributed by atoms with van der Waals surface area (Å²) in [7, 11) is 1.71. The van der Waals surface area contributed by atoms with E-state index >= 15 is 0 Å². The standard InChI is InChI=1S/C15H24N2O/c1-3-9-17(13-7-8-13)15(11-16)12-5-4-6-14(10-12)18-2/h4-6,10,13,15H,3,7-9,11,16H2,1-2H3. The van der Waals surface area contributed by atoms with Gasteiger partial charge in [-0.15, -0.1) is 0 Å². The summed E-state index contributed by atoms with van der Waals surface area (Å²) in [5.41, 5.74) is 7.29. The average molecular weight is 248 g/mol. The van der Waals surface area contributed by atoms with Crippen molar-refractivity contribution in [3.63, 3.8) is 0 Å². The van der Waals surface area contributed by atoms with Gasteiger partial charge in [0, 0.05) is 18.6 Å².